The third-order valence-electron chi connectivity index (χ3n) is 9.56. The van der Waals surface area contributed by atoms with Crippen LogP contribution in [0.4, 0.5) is 0 Å². The van der Waals surface area contributed by atoms with Crippen molar-refractivity contribution in [2.75, 3.05) is 32.7 Å². The van der Waals surface area contributed by atoms with Crippen molar-refractivity contribution in [2.24, 2.45) is 11.7 Å². The monoisotopic (exact) mass is 825 g/mol. The van der Waals surface area contributed by atoms with Gasteiger partial charge in [-0.15, -0.1) is 0 Å². The normalized spacial score (nSPS) is 14.5. The largest absolute Gasteiger partial charge is 0.344 e. The van der Waals surface area contributed by atoms with Crippen molar-refractivity contribution in [1.29, 1.82) is 0 Å². The van der Waals surface area contributed by atoms with Gasteiger partial charge in [0.2, 0.25) is 23.6 Å². The van der Waals surface area contributed by atoms with Gasteiger partial charge in [-0.1, -0.05) is 83.1 Å². The van der Waals surface area contributed by atoms with E-state index in [0.29, 0.717) is 90.0 Å². The molecule has 5 unspecified atom stereocenters. The second-order valence-electron chi connectivity index (χ2n) is 17.6. The zero-order valence-electron chi connectivity index (χ0n) is 38.6. The highest BCUT2D eigenvalue weighted by atomic mass is 16.2. The topological polar surface area (TPSA) is 220 Å². The number of carbonyl (C=O) groups excluding carboxylic acids is 5. The summed E-state index contributed by atoms with van der Waals surface area (Å²) >= 11 is 0. The van der Waals surface area contributed by atoms with Gasteiger partial charge in [0.15, 0.2) is 5.78 Å². The molecular formula is C43H88N10O5. The summed E-state index contributed by atoms with van der Waals surface area (Å²) < 4.78 is 0. The molecule has 0 saturated heterocycles. The zero-order valence-corrected chi connectivity index (χ0v) is 38.6. The molecule has 58 heavy (non-hydrogen) atoms. The fourth-order valence-corrected chi connectivity index (χ4v) is 6.39. The number of hydrogen-bond acceptors (Lipinski definition) is 11. The average Bonchev–Trinajstić information content (AvgIpc) is 3.13. The number of Topliss-reactive ketones (excluding diaryl/α,β-unsaturated/α-hetero) is 1. The molecule has 340 valence electrons. The van der Waals surface area contributed by atoms with Gasteiger partial charge in [0, 0.05) is 36.1 Å². The van der Waals surface area contributed by atoms with Gasteiger partial charge in [0.1, 0.15) is 18.1 Å². The molecule has 0 saturated carbocycles. The highest BCUT2D eigenvalue weighted by Gasteiger charge is 2.32. The molecule has 0 aliphatic carbocycles. The van der Waals surface area contributed by atoms with Crippen molar-refractivity contribution < 1.29 is 24.0 Å². The van der Waals surface area contributed by atoms with Crippen molar-refractivity contribution in [3.8, 4) is 0 Å². The first-order valence-electron chi connectivity index (χ1n) is 22.4. The Morgan fingerprint density at radius 3 is 0.931 bits per heavy atom. The smallest absolute Gasteiger partial charge is 0.243 e. The van der Waals surface area contributed by atoms with Gasteiger partial charge in [-0.2, -0.15) is 0 Å². The van der Waals surface area contributed by atoms with Crippen molar-refractivity contribution in [2.45, 2.75) is 208 Å². The number of rotatable bonds is 35. The summed E-state index contributed by atoms with van der Waals surface area (Å²) in [5.74, 6) is -2.04. The van der Waals surface area contributed by atoms with E-state index in [-0.39, 0.29) is 41.8 Å². The Balaban J connectivity index is 6.49. The minimum Gasteiger partial charge on any atom is -0.344 e. The van der Waals surface area contributed by atoms with Crippen molar-refractivity contribution in [3.63, 3.8) is 0 Å². The van der Waals surface area contributed by atoms with Crippen molar-refractivity contribution in [1.82, 2.24) is 47.9 Å². The standard InChI is InChI=1S/C43H88N10O5/c1-28(2)39(54)34(18-13-23-44)50-41(56)36(20-15-25-46-30(5)6)52-43(58)38(22-17-27-48-32(9)10)53-42(57)37(21-16-26-47-31(7)8)51-40(55)35(49-33(11)12)19-14-24-45-29(3)4/h28-38,45-49H,13-27,44H2,1-12H3,(H,50,56)(H,51,55)(H,52,58)(H,53,57). The lowest BCUT2D eigenvalue weighted by atomic mass is 9.97. The van der Waals surface area contributed by atoms with Crippen LogP contribution in [-0.4, -0.2) is 123 Å². The molecule has 15 heteroatoms. The molecule has 0 radical (unpaired) electrons. The molecule has 0 heterocycles. The predicted molar refractivity (Wildman–Crippen MR) is 237 cm³/mol. The maximum absolute atomic E-state index is 14.2. The molecule has 0 aromatic carbocycles. The molecule has 0 bridgehead atoms. The third kappa shape index (κ3) is 27.1. The van der Waals surface area contributed by atoms with Gasteiger partial charge in [0.25, 0.3) is 0 Å². The summed E-state index contributed by atoms with van der Waals surface area (Å²) in [6.45, 7) is 27.1. The van der Waals surface area contributed by atoms with Crippen LogP contribution in [0.5, 0.6) is 0 Å². The summed E-state index contributed by atoms with van der Waals surface area (Å²) in [5.41, 5.74) is 5.76. The Bertz CT molecular complexity index is 1150. The van der Waals surface area contributed by atoms with Crippen LogP contribution in [0.15, 0.2) is 0 Å². The Kier molecular flexibility index (Phi) is 30.6. The fraction of sp³-hybridized carbons (Fsp3) is 0.884. The van der Waals surface area contributed by atoms with Gasteiger partial charge in [-0.25, -0.2) is 0 Å². The highest BCUT2D eigenvalue weighted by molar-refractivity contribution is 5.96. The van der Waals surface area contributed by atoms with Crippen LogP contribution >= 0.6 is 0 Å². The predicted octanol–water partition coefficient (Wildman–Crippen LogP) is 2.37. The maximum atomic E-state index is 14.2. The van der Waals surface area contributed by atoms with E-state index < -0.39 is 47.9 Å². The second-order valence-corrected chi connectivity index (χ2v) is 17.6. The Hall–Kier alpha value is -2.69. The molecule has 0 rings (SSSR count). The van der Waals surface area contributed by atoms with E-state index in [1.54, 1.807) is 13.8 Å². The van der Waals surface area contributed by atoms with E-state index >= 15 is 0 Å². The summed E-state index contributed by atoms with van der Waals surface area (Å²) in [4.78, 5) is 69.3. The SMILES string of the molecule is CC(C)NCCCC(NC(=O)C(CCCNC(C)C)NC(=O)C(CCCNC(C)C)NC(C)C)C(=O)NC(CCCNC(C)C)C(=O)NC(CCCN)C(=O)C(C)C. The first-order valence-corrected chi connectivity index (χ1v) is 22.4. The van der Waals surface area contributed by atoms with Crippen LogP contribution < -0.4 is 53.6 Å². The number of nitrogens with one attached hydrogen (secondary N) is 9. The number of hydrogen-bond donors (Lipinski definition) is 10. The molecule has 0 spiro atoms. The van der Waals surface area contributed by atoms with Gasteiger partial charge >= 0.3 is 0 Å². The molecule has 0 aromatic heterocycles. The van der Waals surface area contributed by atoms with Crippen molar-refractivity contribution in [3.05, 3.63) is 0 Å². The summed E-state index contributed by atoms with van der Waals surface area (Å²) in [5, 5.41) is 28.7. The Morgan fingerprint density at radius 1 is 0.379 bits per heavy atom. The zero-order chi connectivity index (χ0) is 44.2. The van der Waals surface area contributed by atoms with Crippen LogP contribution in [0.2, 0.25) is 0 Å². The molecule has 0 aliphatic heterocycles. The van der Waals surface area contributed by atoms with E-state index in [2.05, 4.69) is 75.5 Å². The molecule has 0 aromatic rings. The van der Waals surface area contributed by atoms with Crippen LogP contribution in [-0.2, 0) is 24.0 Å². The van der Waals surface area contributed by atoms with E-state index in [1.807, 2.05) is 41.5 Å². The highest BCUT2D eigenvalue weighted by Crippen LogP contribution is 2.10. The number of ketones is 1. The Morgan fingerprint density at radius 2 is 0.655 bits per heavy atom. The van der Waals surface area contributed by atoms with Crippen molar-refractivity contribution >= 4 is 29.4 Å². The van der Waals surface area contributed by atoms with E-state index in [9.17, 15) is 24.0 Å². The molecule has 0 aliphatic rings. The lowest BCUT2D eigenvalue weighted by Gasteiger charge is -2.28. The summed E-state index contributed by atoms with van der Waals surface area (Å²) in [6.07, 6.45) is 5.12. The van der Waals surface area contributed by atoms with E-state index in [1.165, 1.54) is 0 Å². The lowest BCUT2D eigenvalue weighted by molar-refractivity contribution is -0.135. The van der Waals surface area contributed by atoms with Gasteiger partial charge < -0.3 is 53.6 Å². The molecular weight excluding hydrogens is 737 g/mol. The summed E-state index contributed by atoms with van der Waals surface area (Å²) in [7, 11) is 0. The maximum Gasteiger partial charge on any atom is 0.243 e. The molecule has 4 amide bonds. The quantitative estimate of drug-likeness (QED) is 0.0419. The van der Waals surface area contributed by atoms with Crippen LogP contribution in [0, 0.1) is 5.92 Å². The minimum atomic E-state index is -0.976. The van der Waals surface area contributed by atoms with Gasteiger partial charge in [0.05, 0.1) is 12.1 Å². The van der Waals surface area contributed by atoms with E-state index in [0.717, 1.165) is 13.0 Å². The minimum absolute atomic E-state index is 0.0505. The number of amides is 4. The number of carbonyl (C=O) groups is 5. The van der Waals surface area contributed by atoms with Crippen LogP contribution in [0.25, 0.3) is 0 Å². The molecule has 11 N–H and O–H groups in total. The van der Waals surface area contributed by atoms with Gasteiger partial charge in [-0.05, 0) is 96.9 Å². The first kappa shape index (κ1) is 55.3. The molecule has 15 nitrogen and oxygen atoms in total. The third-order valence-corrected chi connectivity index (χ3v) is 9.56. The molecule has 0 fully saturated rings. The Labute approximate surface area is 352 Å². The summed E-state index contributed by atoms with van der Waals surface area (Å²) in [6, 6.07) is -2.90. The van der Waals surface area contributed by atoms with E-state index in [4.69, 9.17) is 5.73 Å². The van der Waals surface area contributed by atoms with Crippen LogP contribution in [0.3, 0.4) is 0 Å². The first-order chi connectivity index (χ1) is 27.3. The fourth-order valence-electron chi connectivity index (χ4n) is 6.39. The lowest BCUT2D eigenvalue weighted by Crippen LogP contribution is -2.59. The second kappa shape index (κ2) is 32.1. The van der Waals surface area contributed by atoms with Crippen LogP contribution in [0.1, 0.15) is 147 Å². The number of nitrogens with two attached hydrogens (primary N) is 1. The average molecular weight is 825 g/mol. The van der Waals surface area contributed by atoms with Gasteiger partial charge in [-0.3, -0.25) is 24.0 Å². The molecule has 5 atom stereocenters.